The van der Waals surface area contributed by atoms with E-state index in [1.54, 1.807) is 0 Å². The molecule has 55 heavy (non-hydrogen) atoms. The average Bonchev–Trinajstić information content (AvgIpc) is 3.75. The summed E-state index contributed by atoms with van der Waals surface area (Å²) in [5.74, 6) is 1.86. The molecule has 11 rings (SSSR count). The van der Waals surface area contributed by atoms with Crippen molar-refractivity contribution in [3.63, 3.8) is 0 Å². The Bertz CT molecular complexity index is 3190. The summed E-state index contributed by atoms with van der Waals surface area (Å²) >= 11 is 1.24. The van der Waals surface area contributed by atoms with Gasteiger partial charge < -0.3 is 0 Å². The number of nitrogens with zero attached hydrogens (tertiary/aromatic N) is 6. The average molecular weight is 721 g/mol. The number of rotatable bonds is 5. The van der Waals surface area contributed by atoms with E-state index in [4.69, 9.17) is 24.3 Å². The first-order valence-corrected chi connectivity index (χ1v) is 18.8. The zero-order valence-electron chi connectivity index (χ0n) is 29.3. The molecule has 0 saturated heterocycles. The van der Waals surface area contributed by atoms with E-state index >= 15 is 0 Å². The van der Waals surface area contributed by atoms with E-state index in [1.807, 2.05) is 12.1 Å². The van der Waals surface area contributed by atoms with Crippen LogP contribution in [0.1, 0.15) is 0 Å². The lowest BCUT2D eigenvalue weighted by molar-refractivity contribution is 1.08. The molecule has 0 saturated carbocycles. The molecule has 0 atom stereocenters. The lowest BCUT2D eigenvalue weighted by atomic mass is 9.96. The molecule has 11 aromatic rings. The molecule has 256 valence electrons. The van der Waals surface area contributed by atoms with Crippen LogP contribution in [0, 0.1) is 0 Å². The first-order valence-electron chi connectivity index (χ1n) is 18.1. The molecule has 3 aromatic heterocycles. The van der Waals surface area contributed by atoms with Crippen LogP contribution < -0.4 is 0 Å². The summed E-state index contributed by atoms with van der Waals surface area (Å²) in [5, 5.41) is 7.79. The van der Waals surface area contributed by atoms with Crippen LogP contribution in [0.2, 0.25) is 0 Å². The second-order valence-corrected chi connectivity index (χ2v) is 14.2. The summed E-state index contributed by atoms with van der Waals surface area (Å²) in [6.45, 7) is 0. The van der Waals surface area contributed by atoms with E-state index in [1.165, 1.54) is 22.5 Å². The van der Waals surface area contributed by atoms with Gasteiger partial charge in [0.2, 0.25) is 0 Å². The standard InChI is InChI=1S/C48H28N6S/c1-2-11-31(12-3-1)44-40-23-24-41-45(54-55-53-41)43(40)39-22-21-35(28-42(39)49-44)34-15-8-16-36(27-34)46-50-47(37-19-17-29-9-4-6-13-32(29)25-37)52-48(51-46)38-20-18-30-10-5-7-14-33(30)26-38/h1-28H. The Kier molecular flexibility index (Phi) is 7.25. The van der Waals surface area contributed by atoms with Crippen LogP contribution in [-0.4, -0.2) is 28.7 Å². The van der Waals surface area contributed by atoms with Gasteiger partial charge in [-0.05, 0) is 69.1 Å². The fraction of sp³-hybridized carbons (Fsp3) is 0. The predicted octanol–water partition coefficient (Wildman–Crippen LogP) is 12.2. The molecule has 0 aliphatic rings. The number of aromatic nitrogens is 6. The number of fused-ring (bicyclic) bond motifs is 7. The Morgan fingerprint density at radius 3 is 1.56 bits per heavy atom. The Labute approximate surface area is 319 Å². The van der Waals surface area contributed by atoms with Gasteiger partial charge in [0.25, 0.3) is 0 Å². The summed E-state index contributed by atoms with van der Waals surface area (Å²) in [4.78, 5) is 20.6. The molecule has 0 radical (unpaired) electrons. The molecule has 0 N–H and O–H groups in total. The third-order valence-corrected chi connectivity index (χ3v) is 10.9. The Morgan fingerprint density at radius 2 is 0.873 bits per heavy atom. The maximum absolute atomic E-state index is 5.29. The number of pyridine rings is 1. The van der Waals surface area contributed by atoms with E-state index in [-0.39, 0.29) is 0 Å². The van der Waals surface area contributed by atoms with Crippen molar-refractivity contribution in [2.24, 2.45) is 0 Å². The van der Waals surface area contributed by atoms with Gasteiger partial charge in [-0.2, -0.15) is 8.75 Å². The van der Waals surface area contributed by atoms with E-state index in [9.17, 15) is 0 Å². The molecule has 0 unspecified atom stereocenters. The summed E-state index contributed by atoms with van der Waals surface area (Å²) < 4.78 is 9.28. The molecule has 0 amide bonds. The smallest absolute Gasteiger partial charge is 0.164 e. The maximum Gasteiger partial charge on any atom is 0.164 e. The highest BCUT2D eigenvalue weighted by Crippen LogP contribution is 2.38. The zero-order chi connectivity index (χ0) is 36.3. The van der Waals surface area contributed by atoms with E-state index in [0.29, 0.717) is 17.5 Å². The number of hydrogen-bond acceptors (Lipinski definition) is 7. The van der Waals surface area contributed by atoms with Gasteiger partial charge >= 0.3 is 0 Å². The first-order chi connectivity index (χ1) is 27.2. The van der Waals surface area contributed by atoms with Crippen molar-refractivity contribution in [2.75, 3.05) is 0 Å². The maximum atomic E-state index is 5.29. The van der Waals surface area contributed by atoms with Crippen molar-refractivity contribution in [1.29, 1.82) is 0 Å². The molecule has 0 aliphatic carbocycles. The molecule has 6 nitrogen and oxygen atoms in total. The lowest BCUT2D eigenvalue weighted by Gasteiger charge is -2.13. The molecular weight excluding hydrogens is 693 g/mol. The van der Waals surface area contributed by atoms with Crippen molar-refractivity contribution >= 4 is 66.0 Å². The monoisotopic (exact) mass is 720 g/mol. The summed E-state index contributed by atoms with van der Waals surface area (Å²) in [7, 11) is 0. The van der Waals surface area contributed by atoms with Gasteiger partial charge in [-0.1, -0.05) is 133 Å². The fourth-order valence-corrected chi connectivity index (χ4v) is 8.13. The lowest BCUT2D eigenvalue weighted by Crippen LogP contribution is -2.00. The van der Waals surface area contributed by atoms with Crippen LogP contribution in [0.25, 0.3) is 111 Å². The fourth-order valence-electron chi connectivity index (χ4n) is 7.59. The van der Waals surface area contributed by atoms with Gasteiger partial charge in [0.15, 0.2) is 17.5 Å². The van der Waals surface area contributed by atoms with Gasteiger partial charge in [0.05, 0.1) is 22.9 Å². The molecule has 0 spiro atoms. The van der Waals surface area contributed by atoms with Crippen LogP contribution in [0.3, 0.4) is 0 Å². The number of benzene rings is 8. The van der Waals surface area contributed by atoms with Crippen LogP contribution in [0.4, 0.5) is 0 Å². The van der Waals surface area contributed by atoms with Crippen LogP contribution in [0.15, 0.2) is 170 Å². The minimum absolute atomic E-state index is 0.609. The van der Waals surface area contributed by atoms with Gasteiger partial charge in [0.1, 0.15) is 11.0 Å². The Hall–Kier alpha value is -7.22. The van der Waals surface area contributed by atoms with Crippen molar-refractivity contribution in [1.82, 2.24) is 28.7 Å². The van der Waals surface area contributed by atoms with Crippen LogP contribution in [0.5, 0.6) is 0 Å². The highest BCUT2D eigenvalue weighted by atomic mass is 32.1. The molecule has 0 fully saturated rings. The second-order valence-electron chi connectivity index (χ2n) is 13.7. The van der Waals surface area contributed by atoms with Crippen molar-refractivity contribution in [3.8, 4) is 56.5 Å². The normalized spacial score (nSPS) is 11.6. The number of hydrogen-bond donors (Lipinski definition) is 0. The highest BCUT2D eigenvalue weighted by Gasteiger charge is 2.17. The quantitative estimate of drug-likeness (QED) is 0.165. The Balaban J connectivity index is 1.07. The van der Waals surface area contributed by atoms with Crippen LogP contribution >= 0.6 is 11.7 Å². The highest BCUT2D eigenvalue weighted by molar-refractivity contribution is 7.00. The van der Waals surface area contributed by atoms with Crippen LogP contribution in [-0.2, 0) is 0 Å². The van der Waals surface area contributed by atoms with Gasteiger partial charge in [-0.15, -0.1) is 0 Å². The van der Waals surface area contributed by atoms with E-state index in [0.717, 1.165) is 82.6 Å². The molecule has 0 bridgehead atoms. The second kappa shape index (κ2) is 12.7. The molecule has 8 aromatic carbocycles. The SMILES string of the molecule is c1ccc(-c2nc3cc(-c4cccc(-c5nc(-c6ccc7ccccc7c6)nc(-c6ccc7ccccc7c6)n5)c4)ccc3c3c2ccc2nsnc23)cc1. The van der Waals surface area contributed by atoms with Crippen molar-refractivity contribution in [2.45, 2.75) is 0 Å². The summed E-state index contributed by atoms with van der Waals surface area (Å²) in [6, 6.07) is 58.9. The first kappa shape index (κ1) is 31.3. The van der Waals surface area contributed by atoms with Crippen molar-refractivity contribution < 1.29 is 0 Å². The van der Waals surface area contributed by atoms with Gasteiger partial charge in [0, 0.05) is 38.4 Å². The largest absolute Gasteiger partial charge is 0.247 e. The predicted molar refractivity (Wildman–Crippen MR) is 226 cm³/mol. The molecule has 0 aliphatic heterocycles. The molecular formula is C48H28N6S. The van der Waals surface area contributed by atoms with E-state index < -0.39 is 0 Å². The van der Waals surface area contributed by atoms with Crippen molar-refractivity contribution in [3.05, 3.63) is 170 Å². The van der Waals surface area contributed by atoms with E-state index in [2.05, 4.69) is 162 Å². The molecule has 7 heteroatoms. The topological polar surface area (TPSA) is 77.3 Å². The zero-order valence-corrected chi connectivity index (χ0v) is 30.1. The molecule has 3 heterocycles. The minimum Gasteiger partial charge on any atom is -0.247 e. The van der Waals surface area contributed by atoms with Gasteiger partial charge in [-0.3, -0.25) is 0 Å². The summed E-state index contributed by atoms with van der Waals surface area (Å²) in [5.41, 5.74) is 9.53. The third-order valence-electron chi connectivity index (χ3n) is 10.3. The summed E-state index contributed by atoms with van der Waals surface area (Å²) in [6.07, 6.45) is 0. The minimum atomic E-state index is 0.609. The third kappa shape index (κ3) is 5.48. The Morgan fingerprint density at radius 1 is 0.327 bits per heavy atom. The van der Waals surface area contributed by atoms with Gasteiger partial charge in [-0.25, -0.2) is 19.9 Å².